The highest BCUT2D eigenvalue weighted by Gasteiger charge is 2.39. The molecule has 2 N–H and O–H groups in total. The Balaban J connectivity index is 1.29. The lowest BCUT2D eigenvalue weighted by Crippen LogP contribution is -2.21. The van der Waals surface area contributed by atoms with E-state index in [0.717, 1.165) is 11.1 Å². The minimum absolute atomic E-state index is 0.131. The van der Waals surface area contributed by atoms with Gasteiger partial charge in [-0.1, -0.05) is 12.1 Å². The zero-order valence-corrected chi connectivity index (χ0v) is 31.3. The van der Waals surface area contributed by atoms with Gasteiger partial charge in [-0.2, -0.15) is 0 Å². The maximum Gasteiger partial charge on any atom is 0.309 e. The standard InChI is InChI=1S/C42H46O12/c1-47-33-9-7-23(17-35(33)49-3)11-27-21-53-41(45)29(27)13-25-15-31(39(43)37(19-25)51-5)32-16-26(20-38(52-6)40(32)44)14-30-28(22-54-42(30)46)12-24-8-10-34(48-2)36(18-24)50-4/h7-10,15-20,27-30,43-44H,11-14,21-22H2,1-6H3/t27-,28+,29+,30-. The molecule has 0 radical (unpaired) electrons. The largest absolute Gasteiger partial charge is 0.504 e. The van der Waals surface area contributed by atoms with Crippen LogP contribution in [0, 0.1) is 23.7 Å². The lowest BCUT2D eigenvalue weighted by molar-refractivity contribution is -0.142. The van der Waals surface area contributed by atoms with Gasteiger partial charge >= 0.3 is 11.9 Å². The zero-order chi connectivity index (χ0) is 38.5. The van der Waals surface area contributed by atoms with Gasteiger partial charge < -0.3 is 48.1 Å². The second kappa shape index (κ2) is 16.5. The molecule has 0 saturated carbocycles. The average molecular weight is 743 g/mol. The molecule has 0 spiro atoms. The molecule has 4 aromatic carbocycles. The van der Waals surface area contributed by atoms with Crippen LogP contribution in [0.4, 0.5) is 0 Å². The first-order valence-electron chi connectivity index (χ1n) is 17.7. The van der Waals surface area contributed by atoms with Crippen LogP contribution < -0.4 is 28.4 Å². The summed E-state index contributed by atoms with van der Waals surface area (Å²) in [6.45, 7) is 0.521. The number of aromatic hydroxyl groups is 2. The second-order valence-electron chi connectivity index (χ2n) is 13.6. The van der Waals surface area contributed by atoms with E-state index >= 15 is 0 Å². The van der Waals surface area contributed by atoms with Crippen molar-refractivity contribution in [3.8, 4) is 57.1 Å². The molecular formula is C42H46O12. The first-order valence-corrected chi connectivity index (χ1v) is 17.7. The fourth-order valence-corrected chi connectivity index (χ4v) is 7.53. The van der Waals surface area contributed by atoms with Crippen LogP contribution in [0.2, 0.25) is 0 Å². The van der Waals surface area contributed by atoms with E-state index in [-0.39, 0.29) is 71.1 Å². The number of methoxy groups -OCH3 is 6. The molecule has 4 atom stereocenters. The van der Waals surface area contributed by atoms with Crippen LogP contribution >= 0.6 is 0 Å². The Labute approximate surface area is 314 Å². The first kappa shape index (κ1) is 38.0. The van der Waals surface area contributed by atoms with Crippen LogP contribution in [0.3, 0.4) is 0 Å². The molecule has 0 aromatic heterocycles. The van der Waals surface area contributed by atoms with E-state index in [1.807, 2.05) is 36.4 Å². The topological polar surface area (TPSA) is 148 Å². The molecule has 6 rings (SSSR count). The van der Waals surface area contributed by atoms with Crippen molar-refractivity contribution in [2.24, 2.45) is 23.7 Å². The Bertz CT molecular complexity index is 1860. The summed E-state index contributed by atoms with van der Waals surface area (Å²) in [5.74, 6) is 0.519. The van der Waals surface area contributed by atoms with E-state index in [1.54, 1.807) is 52.7 Å². The molecule has 2 fully saturated rings. The normalized spacial score (nSPS) is 19.2. The van der Waals surface area contributed by atoms with Crippen LogP contribution in [-0.2, 0) is 44.7 Å². The smallest absolute Gasteiger partial charge is 0.309 e. The Kier molecular flexibility index (Phi) is 11.6. The van der Waals surface area contributed by atoms with Gasteiger partial charge in [-0.05, 0) is 96.5 Å². The van der Waals surface area contributed by atoms with Gasteiger partial charge in [0.2, 0.25) is 0 Å². The Morgan fingerprint density at radius 3 is 1.19 bits per heavy atom. The number of carbonyl (C=O) groups excluding carboxylic acids is 2. The lowest BCUT2D eigenvalue weighted by atomic mass is 9.83. The van der Waals surface area contributed by atoms with E-state index in [0.29, 0.717) is 59.8 Å². The molecular weight excluding hydrogens is 696 g/mol. The predicted molar refractivity (Wildman–Crippen MR) is 198 cm³/mol. The van der Waals surface area contributed by atoms with Crippen molar-refractivity contribution in [1.29, 1.82) is 0 Å². The van der Waals surface area contributed by atoms with E-state index < -0.39 is 11.8 Å². The van der Waals surface area contributed by atoms with Crippen molar-refractivity contribution in [1.82, 2.24) is 0 Å². The number of phenols is 2. The maximum absolute atomic E-state index is 13.1. The highest BCUT2D eigenvalue weighted by molar-refractivity contribution is 5.82. The predicted octanol–water partition coefficient (Wildman–Crippen LogP) is 5.97. The van der Waals surface area contributed by atoms with Crippen molar-refractivity contribution in [3.63, 3.8) is 0 Å². The fourth-order valence-electron chi connectivity index (χ4n) is 7.53. The molecule has 2 heterocycles. The van der Waals surface area contributed by atoms with Crippen LogP contribution in [0.25, 0.3) is 11.1 Å². The van der Waals surface area contributed by atoms with Crippen molar-refractivity contribution in [2.45, 2.75) is 25.7 Å². The van der Waals surface area contributed by atoms with E-state index in [9.17, 15) is 19.8 Å². The highest BCUT2D eigenvalue weighted by Crippen LogP contribution is 2.47. The molecule has 0 amide bonds. The lowest BCUT2D eigenvalue weighted by Gasteiger charge is -2.20. The number of hydrogen-bond donors (Lipinski definition) is 2. The number of rotatable bonds is 15. The Morgan fingerprint density at radius 2 is 0.833 bits per heavy atom. The third-order valence-electron chi connectivity index (χ3n) is 10.4. The third-order valence-corrected chi connectivity index (χ3v) is 10.4. The van der Waals surface area contributed by atoms with Crippen molar-refractivity contribution < 1.29 is 57.7 Å². The summed E-state index contributed by atoms with van der Waals surface area (Å²) in [5, 5.41) is 22.9. The van der Waals surface area contributed by atoms with Gasteiger partial charge in [0.1, 0.15) is 0 Å². The molecule has 0 bridgehead atoms. The van der Waals surface area contributed by atoms with Crippen molar-refractivity contribution in [3.05, 3.63) is 82.9 Å². The highest BCUT2D eigenvalue weighted by atomic mass is 16.5. The molecule has 0 aliphatic carbocycles. The summed E-state index contributed by atoms with van der Waals surface area (Å²) in [6.07, 6.45) is 1.72. The van der Waals surface area contributed by atoms with Gasteiger partial charge in [0.25, 0.3) is 0 Å². The van der Waals surface area contributed by atoms with E-state index in [1.165, 1.54) is 14.2 Å². The number of esters is 2. The summed E-state index contributed by atoms with van der Waals surface area (Å²) < 4.78 is 43.9. The number of carbonyl (C=O) groups is 2. The molecule has 2 aliphatic rings. The summed E-state index contributed by atoms with van der Waals surface area (Å²) in [6, 6.07) is 18.2. The zero-order valence-electron chi connectivity index (χ0n) is 31.3. The average Bonchev–Trinajstić information content (AvgIpc) is 3.71. The Hall–Kier alpha value is -5.78. The van der Waals surface area contributed by atoms with Gasteiger partial charge in [0, 0.05) is 23.0 Å². The number of hydrogen-bond acceptors (Lipinski definition) is 12. The van der Waals surface area contributed by atoms with Crippen LogP contribution in [0.15, 0.2) is 60.7 Å². The molecule has 12 heteroatoms. The molecule has 4 aromatic rings. The monoisotopic (exact) mass is 742 g/mol. The van der Waals surface area contributed by atoms with Crippen molar-refractivity contribution in [2.75, 3.05) is 55.9 Å². The third kappa shape index (κ3) is 7.78. The Morgan fingerprint density at radius 1 is 0.481 bits per heavy atom. The minimum atomic E-state index is -0.481. The van der Waals surface area contributed by atoms with E-state index in [2.05, 4.69) is 0 Å². The van der Waals surface area contributed by atoms with Crippen LogP contribution in [-0.4, -0.2) is 78.0 Å². The number of benzene rings is 4. The minimum Gasteiger partial charge on any atom is -0.504 e. The van der Waals surface area contributed by atoms with E-state index in [4.69, 9.17) is 37.9 Å². The second-order valence-corrected chi connectivity index (χ2v) is 13.6. The summed E-state index contributed by atoms with van der Waals surface area (Å²) in [7, 11) is 9.18. The van der Waals surface area contributed by atoms with Crippen molar-refractivity contribution >= 4 is 11.9 Å². The summed E-state index contributed by atoms with van der Waals surface area (Å²) in [4.78, 5) is 26.2. The molecule has 2 saturated heterocycles. The molecule has 0 unspecified atom stereocenters. The van der Waals surface area contributed by atoms with Gasteiger partial charge in [0.15, 0.2) is 46.0 Å². The van der Waals surface area contributed by atoms with Gasteiger partial charge in [-0.15, -0.1) is 0 Å². The molecule has 54 heavy (non-hydrogen) atoms. The SMILES string of the molecule is COc1ccc(C[C@@H]2COC(=O)[C@H]2Cc2cc(OC)c(O)c(-c3cc(C[C@H]4C(=O)OC[C@@H]4Cc4ccc(OC)c(OC)c4)cc(OC)c3O)c2)cc1OC. The van der Waals surface area contributed by atoms with Crippen LogP contribution in [0.5, 0.6) is 46.0 Å². The molecule has 286 valence electrons. The van der Waals surface area contributed by atoms with Crippen LogP contribution in [0.1, 0.15) is 22.3 Å². The number of cyclic esters (lactones) is 2. The molecule has 12 nitrogen and oxygen atoms in total. The van der Waals surface area contributed by atoms with Gasteiger partial charge in [0.05, 0.1) is 67.7 Å². The fraction of sp³-hybridized carbons (Fsp3) is 0.381. The number of ether oxygens (including phenoxy) is 8. The van der Waals surface area contributed by atoms with Gasteiger partial charge in [-0.25, -0.2) is 0 Å². The summed E-state index contributed by atoms with van der Waals surface area (Å²) >= 11 is 0. The quantitative estimate of drug-likeness (QED) is 0.138. The first-order chi connectivity index (χ1) is 26.1. The van der Waals surface area contributed by atoms with Gasteiger partial charge in [-0.3, -0.25) is 9.59 Å². The molecule has 2 aliphatic heterocycles. The number of phenolic OH excluding ortho intramolecular Hbond substituents is 2. The summed E-state index contributed by atoms with van der Waals surface area (Å²) in [5.41, 5.74) is 3.88. The maximum atomic E-state index is 13.1.